The smallest absolute Gasteiger partial charge is 0.305 e. The van der Waals surface area contributed by atoms with Gasteiger partial charge in [0.15, 0.2) is 0 Å². The third kappa shape index (κ3) is 2.46. The second-order valence-corrected chi connectivity index (χ2v) is 5.25. The maximum absolute atomic E-state index is 13.2. The number of hydrogen-bond acceptors (Lipinski definition) is 1. The van der Waals surface area contributed by atoms with Crippen molar-refractivity contribution in [1.29, 1.82) is 0 Å². The largest absolute Gasteiger partial charge is 0.364 e. The molecule has 0 bridgehead atoms. The highest BCUT2D eigenvalue weighted by Crippen LogP contribution is 2.38. The van der Waals surface area contributed by atoms with Gasteiger partial charge >= 0.3 is 5.38 Å². The SMILES string of the molecule is O=c1ccc(Br)c(C(F)(F)Cl)n1CC1CC1. The summed E-state index contributed by atoms with van der Waals surface area (Å²) in [5.74, 6) is 0.324. The van der Waals surface area contributed by atoms with Crippen molar-refractivity contribution in [2.24, 2.45) is 5.92 Å². The Morgan fingerprint density at radius 1 is 1.50 bits per heavy atom. The molecule has 1 aliphatic carbocycles. The van der Waals surface area contributed by atoms with E-state index in [0.717, 1.165) is 17.4 Å². The molecule has 2 nitrogen and oxygen atoms in total. The van der Waals surface area contributed by atoms with Gasteiger partial charge in [0, 0.05) is 17.1 Å². The summed E-state index contributed by atoms with van der Waals surface area (Å²) >= 11 is 8.03. The van der Waals surface area contributed by atoms with E-state index in [2.05, 4.69) is 15.9 Å². The van der Waals surface area contributed by atoms with Crippen LogP contribution in [0.5, 0.6) is 0 Å². The van der Waals surface area contributed by atoms with E-state index in [4.69, 9.17) is 11.6 Å². The van der Waals surface area contributed by atoms with Gasteiger partial charge in [0.1, 0.15) is 5.69 Å². The molecule has 0 unspecified atom stereocenters. The van der Waals surface area contributed by atoms with Gasteiger partial charge in [-0.05, 0) is 52.4 Å². The molecule has 16 heavy (non-hydrogen) atoms. The lowest BCUT2D eigenvalue weighted by Gasteiger charge is -2.17. The Hall–Kier alpha value is -0.420. The van der Waals surface area contributed by atoms with Crippen molar-refractivity contribution in [3.63, 3.8) is 0 Å². The highest BCUT2D eigenvalue weighted by atomic mass is 79.9. The highest BCUT2D eigenvalue weighted by molar-refractivity contribution is 9.10. The monoisotopic (exact) mass is 311 g/mol. The number of hydrogen-bond donors (Lipinski definition) is 0. The molecule has 6 heteroatoms. The molecule has 0 aromatic carbocycles. The summed E-state index contributed by atoms with van der Waals surface area (Å²) in [6, 6.07) is 2.57. The Kier molecular flexibility index (Phi) is 3.09. The van der Waals surface area contributed by atoms with Crippen LogP contribution in [-0.2, 0) is 11.9 Å². The maximum Gasteiger partial charge on any atom is 0.364 e. The fourth-order valence-corrected chi connectivity index (χ4v) is 2.49. The van der Waals surface area contributed by atoms with E-state index in [0.29, 0.717) is 12.5 Å². The van der Waals surface area contributed by atoms with Crippen LogP contribution in [0.25, 0.3) is 0 Å². The first kappa shape index (κ1) is 12.0. The van der Waals surface area contributed by atoms with Crippen LogP contribution >= 0.6 is 27.5 Å². The lowest BCUT2D eigenvalue weighted by molar-refractivity contribution is 0.0826. The molecule has 0 radical (unpaired) electrons. The zero-order valence-corrected chi connectivity index (χ0v) is 10.6. The molecular weight excluding hydrogens is 303 g/mol. The van der Waals surface area contributed by atoms with E-state index in [9.17, 15) is 13.6 Å². The van der Waals surface area contributed by atoms with Crippen LogP contribution in [0.1, 0.15) is 18.5 Å². The standard InChI is InChI=1S/C10H9BrClF2NO/c11-7-3-4-8(16)15(5-6-1-2-6)9(7)10(12,13)14/h3-4,6H,1-2,5H2. The average molecular weight is 313 g/mol. The van der Waals surface area contributed by atoms with Gasteiger partial charge in [-0.1, -0.05) is 0 Å². The second kappa shape index (κ2) is 4.11. The van der Waals surface area contributed by atoms with E-state index in [-0.39, 0.29) is 4.47 Å². The quantitative estimate of drug-likeness (QED) is 0.785. The Morgan fingerprint density at radius 2 is 2.12 bits per heavy atom. The molecule has 1 aromatic rings. The minimum atomic E-state index is -3.53. The Morgan fingerprint density at radius 3 is 2.62 bits per heavy atom. The van der Waals surface area contributed by atoms with E-state index < -0.39 is 16.6 Å². The van der Waals surface area contributed by atoms with Crippen LogP contribution in [-0.4, -0.2) is 4.57 Å². The molecule has 2 rings (SSSR count). The molecular formula is C10H9BrClF2NO. The lowest BCUT2D eigenvalue weighted by Crippen LogP contribution is -2.28. The fourth-order valence-electron chi connectivity index (χ4n) is 1.58. The molecule has 88 valence electrons. The summed E-state index contributed by atoms with van der Waals surface area (Å²) in [5.41, 5.74) is -0.890. The van der Waals surface area contributed by atoms with Crippen molar-refractivity contribution in [1.82, 2.24) is 4.57 Å². The van der Waals surface area contributed by atoms with Gasteiger partial charge < -0.3 is 4.57 Å². The number of pyridine rings is 1. The minimum Gasteiger partial charge on any atom is -0.305 e. The molecule has 0 amide bonds. The summed E-state index contributed by atoms with van der Waals surface area (Å²) in [4.78, 5) is 11.6. The van der Waals surface area contributed by atoms with Crippen molar-refractivity contribution in [2.75, 3.05) is 0 Å². The Bertz CT molecular complexity index is 465. The normalized spacial score (nSPS) is 16.5. The molecule has 0 N–H and O–H groups in total. The zero-order chi connectivity index (χ0) is 11.9. The predicted molar refractivity (Wildman–Crippen MR) is 60.9 cm³/mol. The molecule has 0 saturated heterocycles. The number of nitrogens with zero attached hydrogens (tertiary/aromatic N) is 1. The lowest BCUT2D eigenvalue weighted by atomic mass is 10.3. The first-order valence-electron chi connectivity index (χ1n) is 4.86. The van der Waals surface area contributed by atoms with Crippen molar-refractivity contribution < 1.29 is 8.78 Å². The van der Waals surface area contributed by atoms with Gasteiger partial charge in [0.25, 0.3) is 5.56 Å². The second-order valence-electron chi connectivity index (χ2n) is 3.92. The molecule has 0 spiro atoms. The number of alkyl halides is 3. The van der Waals surface area contributed by atoms with Gasteiger partial charge in [-0.25, -0.2) is 0 Å². The van der Waals surface area contributed by atoms with E-state index in [1.165, 1.54) is 12.1 Å². The van der Waals surface area contributed by atoms with Gasteiger partial charge in [0.2, 0.25) is 0 Å². The molecule has 1 fully saturated rings. The van der Waals surface area contributed by atoms with Crippen molar-refractivity contribution in [2.45, 2.75) is 24.8 Å². The van der Waals surface area contributed by atoms with E-state index in [1.807, 2.05) is 0 Å². The third-order valence-electron chi connectivity index (χ3n) is 2.54. The van der Waals surface area contributed by atoms with Gasteiger partial charge in [0.05, 0.1) is 0 Å². The summed E-state index contributed by atoms with van der Waals surface area (Å²) in [6.07, 6.45) is 1.96. The van der Waals surface area contributed by atoms with Crippen LogP contribution in [0.2, 0.25) is 0 Å². The summed E-state index contributed by atoms with van der Waals surface area (Å²) in [6.45, 7) is 0.315. The van der Waals surface area contributed by atoms with Crippen molar-refractivity contribution in [3.05, 3.63) is 32.7 Å². The highest BCUT2D eigenvalue weighted by Gasteiger charge is 2.35. The Labute approximate surface area is 104 Å². The van der Waals surface area contributed by atoms with Gasteiger partial charge in [-0.15, -0.1) is 0 Å². The topological polar surface area (TPSA) is 22.0 Å². The minimum absolute atomic E-state index is 0.160. The van der Waals surface area contributed by atoms with E-state index in [1.54, 1.807) is 0 Å². The molecule has 1 aromatic heterocycles. The number of halogens is 4. The summed E-state index contributed by atoms with van der Waals surface area (Å²) in [5, 5.41) is -3.53. The average Bonchev–Trinajstić information content (AvgIpc) is 2.93. The molecule has 1 saturated carbocycles. The zero-order valence-electron chi connectivity index (χ0n) is 8.22. The molecule has 1 heterocycles. The molecule has 1 aliphatic rings. The number of aromatic nitrogens is 1. The number of rotatable bonds is 3. The fraction of sp³-hybridized carbons (Fsp3) is 0.500. The van der Waals surface area contributed by atoms with Crippen LogP contribution in [0, 0.1) is 5.92 Å². The van der Waals surface area contributed by atoms with Gasteiger partial charge in [-0.2, -0.15) is 8.78 Å². The van der Waals surface area contributed by atoms with Gasteiger partial charge in [-0.3, -0.25) is 4.79 Å². The van der Waals surface area contributed by atoms with Crippen LogP contribution < -0.4 is 5.56 Å². The molecule has 0 aliphatic heterocycles. The van der Waals surface area contributed by atoms with E-state index >= 15 is 0 Å². The van der Waals surface area contributed by atoms with Crippen LogP contribution in [0.4, 0.5) is 8.78 Å². The maximum atomic E-state index is 13.2. The van der Waals surface area contributed by atoms with Crippen molar-refractivity contribution in [3.8, 4) is 0 Å². The first-order chi connectivity index (χ1) is 7.39. The Balaban J connectivity index is 2.53. The van der Waals surface area contributed by atoms with Crippen LogP contribution in [0.15, 0.2) is 21.4 Å². The molecule has 0 atom stereocenters. The van der Waals surface area contributed by atoms with Crippen LogP contribution in [0.3, 0.4) is 0 Å². The predicted octanol–water partition coefficient (Wildman–Crippen LogP) is 3.31. The first-order valence-corrected chi connectivity index (χ1v) is 6.03. The summed E-state index contributed by atoms with van der Waals surface area (Å²) in [7, 11) is 0. The third-order valence-corrected chi connectivity index (χ3v) is 3.36. The summed E-state index contributed by atoms with van der Waals surface area (Å²) < 4.78 is 27.6. The van der Waals surface area contributed by atoms with Crippen molar-refractivity contribution >= 4 is 27.5 Å².